The standard InChI is InChI=1S/C14H7BrCl2N2O/c15-9-3-1-2-8(6-9)13-18-14(20-19-13)11-7-10(16)4-5-12(11)17/h1-7H. The van der Waals surface area contributed by atoms with Crippen molar-refractivity contribution in [2.75, 3.05) is 0 Å². The highest BCUT2D eigenvalue weighted by atomic mass is 79.9. The molecule has 0 aliphatic heterocycles. The highest BCUT2D eigenvalue weighted by Gasteiger charge is 2.14. The summed E-state index contributed by atoms with van der Waals surface area (Å²) in [5.74, 6) is 0.838. The van der Waals surface area contributed by atoms with Crippen LogP contribution in [-0.4, -0.2) is 10.1 Å². The van der Waals surface area contributed by atoms with E-state index in [4.69, 9.17) is 27.7 Å². The van der Waals surface area contributed by atoms with Crippen LogP contribution in [0.4, 0.5) is 0 Å². The lowest BCUT2D eigenvalue weighted by atomic mass is 10.2. The third-order valence-electron chi connectivity index (χ3n) is 2.67. The largest absolute Gasteiger partial charge is 0.334 e. The van der Waals surface area contributed by atoms with Crippen LogP contribution in [0.3, 0.4) is 0 Å². The lowest BCUT2D eigenvalue weighted by molar-refractivity contribution is 0.432. The molecule has 2 aromatic carbocycles. The maximum absolute atomic E-state index is 6.12. The molecule has 0 N–H and O–H groups in total. The first kappa shape index (κ1) is 13.6. The summed E-state index contributed by atoms with van der Waals surface area (Å²) in [6.07, 6.45) is 0. The molecule has 0 aliphatic carbocycles. The van der Waals surface area contributed by atoms with Gasteiger partial charge in [0.2, 0.25) is 5.82 Å². The van der Waals surface area contributed by atoms with Crippen LogP contribution in [0.1, 0.15) is 0 Å². The van der Waals surface area contributed by atoms with Crippen LogP contribution in [0.2, 0.25) is 10.0 Å². The minimum Gasteiger partial charge on any atom is -0.334 e. The Morgan fingerprint density at radius 3 is 2.70 bits per heavy atom. The molecular formula is C14H7BrCl2N2O. The summed E-state index contributed by atoms with van der Waals surface area (Å²) < 4.78 is 6.21. The second kappa shape index (κ2) is 5.56. The summed E-state index contributed by atoms with van der Waals surface area (Å²) in [5, 5.41) is 5.04. The molecule has 3 nitrogen and oxygen atoms in total. The monoisotopic (exact) mass is 368 g/mol. The fraction of sp³-hybridized carbons (Fsp3) is 0. The molecule has 0 amide bonds. The van der Waals surface area contributed by atoms with Gasteiger partial charge in [0.25, 0.3) is 5.89 Å². The van der Waals surface area contributed by atoms with E-state index in [9.17, 15) is 0 Å². The quantitative estimate of drug-likeness (QED) is 0.600. The number of hydrogen-bond donors (Lipinski definition) is 0. The minimum atomic E-state index is 0.340. The maximum Gasteiger partial charge on any atom is 0.259 e. The SMILES string of the molecule is Clc1ccc(Cl)c(-c2nc(-c3cccc(Br)c3)no2)c1. The van der Waals surface area contributed by atoms with E-state index in [1.165, 1.54) is 0 Å². The molecule has 20 heavy (non-hydrogen) atoms. The van der Waals surface area contributed by atoms with Gasteiger partial charge in [0, 0.05) is 15.1 Å². The van der Waals surface area contributed by atoms with Crippen LogP contribution >= 0.6 is 39.1 Å². The average Bonchev–Trinajstić information content (AvgIpc) is 2.91. The van der Waals surface area contributed by atoms with Gasteiger partial charge in [-0.15, -0.1) is 0 Å². The molecule has 0 atom stereocenters. The van der Waals surface area contributed by atoms with Gasteiger partial charge in [-0.3, -0.25) is 0 Å². The van der Waals surface area contributed by atoms with E-state index in [-0.39, 0.29) is 0 Å². The molecular weight excluding hydrogens is 363 g/mol. The lowest BCUT2D eigenvalue weighted by Gasteiger charge is -1.98. The van der Waals surface area contributed by atoms with Gasteiger partial charge in [0.15, 0.2) is 0 Å². The zero-order valence-corrected chi connectivity index (χ0v) is 13.1. The number of rotatable bonds is 2. The van der Waals surface area contributed by atoms with Gasteiger partial charge >= 0.3 is 0 Å². The molecule has 0 saturated carbocycles. The summed E-state index contributed by atoms with van der Waals surface area (Å²) >= 11 is 15.5. The van der Waals surface area contributed by atoms with E-state index in [1.54, 1.807) is 18.2 Å². The summed E-state index contributed by atoms with van der Waals surface area (Å²) in [6.45, 7) is 0. The number of nitrogens with zero attached hydrogens (tertiary/aromatic N) is 2. The van der Waals surface area contributed by atoms with E-state index in [0.29, 0.717) is 27.3 Å². The van der Waals surface area contributed by atoms with Crippen molar-refractivity contribution in [3.63, 3.8) is 0 Å². The van der Waals surface area contributed by atoms with Crippen molar-refractivity contribution in [1.82, 2.24) is 10.1 Å². The molecule has 0 unspecified atom stereocenters. The van der Waals surface area contributed by atoms with Crippen molar-refractivity contribution in [2.45, 2.75) is 0 Å². The molecule has 0 saturated heterocycles. The normalized spacial score (nSPS) is 10.8. The topological polar surface area (TPSA) is 38.9 Å². The molecule has 1 heterocycles. The first-order valence-electron chi connectivity index (χ1n) is 5.68. The molecule has 3 aromatic rings. The summed E-state index contributed by atoms with van der Waals surface area (Å²) in [6, 6.07) is 12.7. The highest BCUT2D eigenvalue weighted by Crippen LogP contribution is 2.31. The van der Waals surface area contributed by atoms with E-state index in [0.717, 1.165) is 10.0 Å². The third kappa shape index (κ3) is 2.73. The van der Waals surface area contributed by atoms with Crippen molar-refractivity contribution >= 4 is 39.1 Å². The summed E-state index contributed by atoms with van der Waals surface area (Å²) in [7, 11) is 0. The average molecular weight is 370 g/mol. The van der Waals surface area contributed by atoms with E-state index in [2.05, 4.69) is 26.1 Å². The van der Waals surface area contributed by atoms with Crippen LogP contribution in [0.25, 0.3) is 22.8 Å². The van der Waals surface area contributed by atoms with Gasteiger partial charge in [-0.2, -0.15) is 4.98 Å². The van der Waals surface area contributed by atoms with Crippen LogP contribution in [0.5, 0.6) is 0 Å². The van der Waals surface area contributed by atoms with Gasteiger partial charge in [-0.05, 0) is 30.3 Å². The predicted octanol–water partition coefficient (Wildman–Crippen LogP) is 5.47. The Labute approximate surface area is 133 Å². The Hall–Kier alpha value is -1.36. The Kier molecular flexibility index (Phi) is 3.78. The highest BCUT2D eigenvalue weighted by molar-refractivity contribution is 9.10. The van der Waals surface area contributed by atoms with Crippen LogP contribution < -0.4 is 0 Å². The molecule has 0 bridgehead atoms. The number of benzene rings is 2. The minimum absolute atomic E-state index is 0.340. The van der Waals surface area contributed by atoms with Gasteiger partial charge in [0.1, 0.15) is 0 Å². The maximum atomic E-state index is 6.12. The predicted molar refractivity (Wildman–Crippen MR) is 82.9 cm³/mol. The van der Waals surface area contributed by atoms with Crippen molar-refractivity contribution in [1.29, 1.82) is 0 Å². The number of halogens is 3. The smallest absolute Gasteiger partial charge is 0.259 e. The zero-order valence-electron chi connectivity index (χ0n) is 9.98. The Morgan fingerprint density at radius 2 is 1.90 bits per heavy atom. The van der Waals surface area contributed by atoms with E-state index >= 15 is 0 Å². The van der Waals surface area contributed by atoms with Gasteiger partial charge in [-0.25, -0.2) is 0 Å². The van der Waals surface area contributed by atoms with Crippen molar-refractivity contribution < 1.29 is 4.52 Å². The van der Waals surface area contributed by atoms with Crippen LogP contribution in [0.15, 0.2) is 51.5 Å². The van der Waals surface area contributed by atoms with Crippen molar-refractivity contribution in [3.05, 3.63) is 57.0 Å². The number of hydrogen-bond acceptors (Lipinski definition) is 3. The van der Waals surface area contributed by atoms with E-state index < -0.39 is 0 Å². The fourth-order valence-electron chi connectivity index (χ4n) is 1.74. The zero-order chi connectivity index (χ0) is 14.1. The second-order valence-electron chi connectivity index (χ2n) is 4.06. The molecule has 0 fully saturated rings. The van der Waals surface area contributed by atoms with E-state index in [1.807, 2.05) is 24.3 Å². The molecule has 0 aliphatic rings. The first-order chi connectivity index (χ1) is 9.63. The first-order valence-corrected chi connectivity index (χ1v) is 7.23. The van der Waals surface area contributed by atoms with Crippen LogP contribution in [-0.2, 0) is 0 Å². The lowest BCUT2D eigenvalue weighted by Crippen LogP contribution is -1.82. The summed E-state index contributed by atoms with van der Waals surface area (Å²) in [4.78, 5) is 4.35. The number of aromatic nitrogens is 2. The molecule has 0 spiro atoms. The molecule has 100 valence electrons. The fourth-order valence-corrected chi connectivity index (χ4v) is 2.51. The second-order valence-corrected chi connectivity index (χ2v) is 5.82. The van der Waals surface area contributed by atoms with Crippen molar-refractivity contribution in [2.24, 2.45) is 0 Å². The van der Waals surface area contributed by atoms with Gasteiger partial charge in [0.05, 0.1) is 10.6 Å². The van der Waals surface area contributed by atoms with Crippen molar-refractivity contribution in [3.8, 4) is 22.8 Å². The third-order valence-corrected chi connectivity index (χ3v) is 3.73. The summed E-state index contributed by atoms with van der Waals surface area (Å²) in [5.41, 5.74) is 1.47. The molecule has 0 radical (unpaired) electrons. The Balaban J connectivity index is 2.04. The molecule has 3 rings (SSSR count). The van der Waals surface area contributed by atoms with Crippen LogP contribution in [0, 0.1) is 0 Å². The van der Waals surface area contributed by atoms with Gasteiger partial charge < -0.3 is 4.52 Å². The Morgan fingerprint density at radius 1 is 1.05 bits per heavy atom. The molecule has 1 aromatic heterocycles. The Bertz CT molecular complexity index is 773. The van der Waals surface area contributed by atoms with Gasteiger partial charge in [-0.1, -0.05) is 56.4 Å². The molecule has 6 heteroatoms.